The van der Waals surface area contributed by atoms with Crippen molar-refractivity contribution in [1.82, 2.24) is 33.2 Å². The predicted molar refractivity (Wildman–Crippen MR) is 431 cm³/mol. The van der Waals surface area contributed by atoms with E-state index in [4.69, 9.17) is 15.0 Å². The van der Waals surface area contributed by atoms with E-state index in [-0.39, 0.29) is 0 Å². The molecule has 0 spiro atoms. The van der Waals surface area contributed by atoms with Gasteiger partial charge < -0.3 is 18.6 Å². The Morgan fingerprint density at radius 2 is 0.650 bits per heavy atom. The Labute approximate surface area is 589 Å². The van der Waals surface area contributed by atoms with Crippen molar-refractivity contribution in [2.24, 2.45) is 0 Å². The summed E-state index contributed by atoms with van der Waals surface area (Å²) in [6.45, 7) is 0. The molecule has 23 rings (SSSR count). The first-order valence-electron chi connectivity index (χ1n) is 35.2. The van der Waals surface area contributed by atoms with Gasteiger partial charge in [0.05, 0.1) is 60.7 Å². The van der Waals surface area contributed by atoms with Crippen molar-refractivity contribution in [2.75, 3.05) is 4.90 Å². The van der Waals surface area contributed by atoms with Crippen molar-refractivity contribution in [3.63, 3.8) is 0 Å². The van der Waals surface area contributed by atoms with Crippen LogP contribution in [0.15, 0.2) is 352 Å². The molecule has 0 unspecified atom stereocenters. The molecule has 0 bridgehead atoms. The Morgan fingerprint density at radius 1 is 0.243 bits per heavy atom. The van der Waals surface area contributed by atoms with Crippen LogP contribution in [0.1, 0.15) is 0 Å². The van der Waals surface area contributed by atoms with Crippen molar-refractivity contribution >= 4 is 169 Å². The Hall–Kier alpha value is -14.0. The molecule has 0 amide bonds. The minimum Gasteiger partial charge on any atom is -0.311 e. The maximum atomic E-state index is 5.38. The molecule has 17 aromatic carbocycles. The maximum absolute atomic E-state index is 5.38. The lowest BCUT2D eigenvalue weighted by atomic mass is 9.93. The van der Waals surface area contributed by atoms with E-state index in [1.54, 1.807) is 0 Å². The minimum atomic E-state index is 0.809. The van der Waals surface area contributed by atoms with Gasteiger partial charge in [-0.1, -0.05) is 206 Å². The number of benzene rings is 15. The monoisotopic (exact) mass is 1310 g/mol. The average Bonchev–Trinajstić information content (AvgIpc) is 1.53. The second kappa shape index (κ2) is 22.3. The van der Waals surface area contributed by atoms with Crippen molar-refractivity contribution in [1.29, 1.82) is 0 Å². The van der Waals surface area contributed by atoms with Crippen molar-refractivity contribution < 1.29 is 0 Å². The van der Waals surface area contributed by atoms with Crippen LogP contribution in [0.5, 0.6) is 0 Å². The highest BCUT2D eigenvalue weighted by Crippen LogP contribution is 2.52. The maximum Gasteiger partial charge on any atom is 0.165 e. The Balaban J connectivity index is 0.000000131. The summed E-state index contributed by atoms with van der Waals surface area (Å²) in [4.78, 5) is 18.0. The van der Waals surface area contributed by atoms with Gasteiger partial charge in [-0.2, -0.15) is 0 Å². The van der Waals surface area contributed by atoms with Crippen LogP contribution in [0.3, 0.4) is 0 Å². The fraction of sp³-hybridized carbons (Fsp3) is 0. The molecule has 23 aromatic rings. The topological polar surface area (TPSA) is 61.6 Å². The minimum absolute atomic E-state index is 0.809. The van der Waals surface area contributed by atoms with Crippen molar-refractivity contribution in [3.8, 4) is 34.1 Å². The zero-order valence-corrected chi connectivity index (χ0v) is 55.6. The highest BCUT2D eigenvalue weighted by molar-refractivity contribution is 6.42. The standard InChI is InChI=1S/C52H33N3.C43H25N5/c1-4-16-35(17-5-1)53(36-18-6-2-7-19-36)38-27-29-39(30-28-38)55-47-32-31-46-50-48-43(25-14-26-45(48)54(46)37-20-8-3-9-21-37)41-23-12-13-24-42(41)44-33-34-15-10-11-22-40(34)52(55)49(44)51(47)50;1-3-12-26(13-4-1)41-43(46-32-20-8-7-19-31(32)45-41)48-34-22-10-17-30-38(34)40-36(48)24-23-35-39(40)37-28(29-18-11-25-44-42(29)30)16-9-21-33(37)47(35)27-14-5-2-6-15-27/h1-33H;1-25H. The van der Waals surface area contributed by atoms with E-state index in [1.807, 2.05) is 42.6 Å². The summed E-state index contributed by atoms with van der Waals surface area (Å²) in [5, 5.41) is 21.0. The zero-order chi connectivity index (χ0) is 67.4. The summed E-state index contributed by atoms with van der Waals surface area (Å²) in [7, 11) is 0. The van der Waals surface area contributed by atoms with E-state index >= 15 is 0 Å². The van der Waals surface area contributed by atoms with Gasteiger partial charge in [0.1, 0.15) is 5.69 Å². The highest BCUT2D eigenvalue weighted by atomic mass is 15.1. The lowest BCUT2D eigenvalue weighted by Crippen LogP contribution is -2.09. The fourth-order valence-corrected chi connectivity index (χ4v) is 17.4. The SMILES string of the molecule is c1ccc(-c2nc3ccccc3nc2-n2c3cccc4c5ncccc5c5cccc6c5c5c(c43)c2ccc5n6-c2ccccc2)cc1.c1ccc(N(c2ccccc2)c2ccc(-n3c4ccc5c6c7c(cccc7n5-c5ccccc5)c5ccccc5c5cc7ccccc7c3c5c64)cc2)cc1. The first-order valence-corrected chi connectivity index (χ1v) is 35.2. The van der Waals surface area contributed by atoms with E-state index in [1.165, 1.54) is 114 Å². The van der Waals surface area contributed by atoms with Crippen molar-refractivity contribution in [2.45, 2.75) is 0 Å². The number of pyridine rings is 1. The van der Waals surface area contributed by atoms with E-state index in [0.29, 0.717) is 0 Å². The van der Waals surface area contributed by atoms with Gasteiger partial charge in [0.15, 0.2) is 5.82 Å². The van der Waals surface area contributed by atoms with Crippen LogP contribution >= 0.6 is 0 Å². The van der Waals surface area contributed by atoms with E-state index in [9.17, 15) is 0 Å². The molecule has 0 N–H and O–H groups in total. The first-order chi connectivity index (χ1) is 51.2. The average molecular weight is 1310 g/mol. The Morgan fingerprint density at radius 3 is 1.25 bits per heavy atom. The molecule has 0 atom stereocenters. The van der Waals surface area contributed by atoms with Gasteiger partial charge in [0, 0.05) is 105 Å². The van der Waals surface area contributed by atoms with E-state index < -0.39 is 0 Å². The van der Waals surface area contributed by atoms with Crippen LogP contribution < -0.4 is 4.90 Å². The predicted octanol–water partition coefficient (Wildman–Crippen LogP) is 24.9. The highest BCUT2D eigenvalue weighted by Gasteiger charge is 2.29. The normalized spacial score (nSPS) is 12.1. The van der Waals surface area contributed by atoms with Crippen LogP contribution in [0.25, 0.3) is 186 Å². The number of para-hydroxylation sites is 6. The molecule has 0 aliphatic rings. The lowest BCUT2D eigenvalue weighted by molar-refractivity contribution is 1.08. The molecule has 478 valence electrons. The van der Waals surface area contributed by atoms with Crippen LogP contribution in [-0.2, 0) is 0 Å². The quantitative estimate of drug-likeness (QED) is 0.152. The third kappa shape index (κ3) is 8.31. The summed E-state index contributed by atoms with van der Waals surface area (Å²) < 4.78 is 9.73. The van der Waals surface area contributed by atoms with Gasteiger partial charge >= 0.3 is 0 Å². The number of nitrogens with zero attached hydrogens (tertiary/aromatic N) is 8. The third-order valence-electron chi connectivity index (χ3n) is 21.5. The molecule has 0 aliphatic carbocycles. The number of aromatic nitrogens is 7. The van der Waals surface area contributed by atoms with Gasteiger partial charge in [0.25, 0.3) is 0 Å². The van der Waals surface area contributed by atoms with Gasteiger partial charge in [-0.3, -0.25) is 9.55 Å². The van der Waals surface area contributed by atoms with Crippen LogP contribution in [-0.4, -0.2) is 33.2 Å². The molecule has 6 heterocycles. The Bertz CT molecular complexity index is 7280. The van der Waals surface area contributed by atoms with Gasteiger partial charge in [-0.15, -0.1) is 0 Å². The van der Waals surface area contributed by atoms with Gasteiger partial charge in [0.2, 0.25) is 0 Å². The number of hydrogen-bond donors (Lipinski definition) is 0. The van der Waals surface area contributed by atoms with Crippen LogP contribution in [0.4, 0.5) is 17.1 Å². The largest absolute Gasteiger partial charge is 0.311 e. The molecule has 0 saturated heterocycles. The summed E-state index contributed by atoms with van der Waals surface area (Å²) in [5.41, 5.74) is 20.8. The fourth-order valence-electron chi connectivity index (χ4n) is 17.4. The third-order valence-corrected chi connectivity index (χ3v) is 21.5. The molecule has 0 saturated carbocycles. The molecule has 8 nitrogen and oxygen atoms in total. The second-order valence-electron chi connectivity index (χ2n) is 26.9. The first kappa shape index (κ1) is 57.0. The van der Waals surface area contributed by atoms with Crippen LogP contribution in [0, 0.1) is 0 Å². The molecule has 0 radical (unpaired) electrons. The summed E-state index contributed by atoms with van der Waals surface area (Å²) in [5.74, 6) is 0.809. The lowest BCUT2D eigenvalue weighted by Gasteiger charge is -2.25. The van der Waals surface area contributed by atoms with Crippen LogP contribution in [0.2, 0.25) is 0 Å². The summed E-state index contributed by atoms with van der Waals surface area (Å²) >= 11 is 0. The zero-order valence-electron chi connectivity index (χ0n) is 55.6. The summed E-state index contributed by atoms with van der Waals surface area (Å²) in [6.07, 6.45) is 1.91. The van der Waals surface area contributed by atoms with E-state index in [2.05, 4.69) is 333 Å². The number of hydrogen-bond acceptors (Lipinski definition) is 4. The summed E-state index contributed by atoms with van der Waals surface area (Å²) in [6, 6.07) is 124. The molecule has 103 heavy (non-hydrogen) atoms. The van der Waals surface area contributed by atoms with Crippen molar-refractivity contribution in [3.05, 3.63) is 352 Å². The molecule has 6 aromatic heterocycles. The number of fused-ring (bicyclic) bond motifs is 9. The second-order valence-corrected chi connectivity index (χ2v) is 26.9. The number of anilines is 3. The molecule has 8 heteroatoms. The number of rotatable bonds is 8. The molecule has 0 aliphatic heterocycles. The van der Waals surface area contributed by atoms with Gasteiger partial charge in [-0.05, 0) is 172 Å². The molecule has 0 fully saturated rings. The molecular weight excluding hydrogens is 1250 g/mol. The van der Waals surface area contributed by atoms with E-state index in [0.717, 1.165) is 89.6 Å². The van der Waals surface area contributed by atoms with Gasteiger partial charge in [-0.25, -0.2) is 9.97 Å². The molecular formula is C95H58N8. The smallest absolute Gasteiger partial charge is 0.165 e. The Kier molecular flexibility index (Phi) is 12.3.